The molecule has 5 heteroatoms. The van der Waals surface area contributed by atoms with E-state index in [4.69, 9.17) is 4.52 Å². The molecule has 150 valence electrons. The minimum Gasteiger partial charge on any atom is -0.361 e. The Bertz CT molecular complexity index is 927. The van der Waals surface area contributed by atoms with E-state index in [2.05, 4.69) is 58.6 Å². The van der Waals surface area contributed by atoms with Crippen LogP contribution in [0, 0.1) is 0 Å². The highest BCUT2D eigenvalue weighted by molar-refractivity contribution is 5.81. The van der Waals surface area contributed by atoms with Crippen molar-refractivity contribution in [3.8, 4) is 0 Å². The van der Waals surface area contributed by atoms with Crippen molar-refractivity contribution in [2.75, 3.05) is 20.6 Å². The van der Waals surface area contributed by atoms with Crippen LogP contribution in [-0.2, 0) is 17.8 Å². The first-order valence-electron chi connectivity index (χ1n) is 10.1. The summed E-state index contributed by atoms with van der Waals surface area (Å²) in [5, 5.41) is 4.53. The van der Waals surface area contributed by atoms with Gasteiger partial charge in [0, 0.05) is 39.2 Å². The molecule has 1 aliphatic rings. The molecule has 0 fully saturated rings. The predicted octanol–water partition coefficient (Wildman–Crippen LogP) is 3.69. The number of hydrogen-bond donors (Lipinski definition) is 0. The summed E-state index contributed by atoms with van der Waals surface area (Å²) in [6.07, 6.45) is 0.768. The lowest BCUT2D eigenvalue weighted by Gasteiger charge is -2.32. The van der Waals surface area contributed by atoms with Gasteiger partial charge in [-0.25, -0.2) is 0 Å². The van der Waals surface area contributed by atoms with Gasteiger partial charge in [-0.1, -0.05) is 65.8 Å². The summed E-state index contributed by atoms with van der Waals surface area (Å²) in [5.41, 5.74) is 4.44. The fourth-order valence-electron chi connectivity index (χ4n) is 4.14. The number of likely N-dealkylation sites (N-methyl/N-ethyl adjacent to an activating group) is 1. The summed E-state index contributed by atoms with van der Waals surface area (Å²) in [7, 11) is 3.61. The van der Waals surface area contributed by atoms with E-state index in [1.807, 2.05) is 19.1 Å². The van der Waals surface area contributed by atoms with Crippen LogP contribution in [0.2, 0.25) is 0 Å². The van der Waals surface area contributed by atoms with Gasteiger partial charge < -0.3 is 9.42 Å². The zero-order valence-corrected chi connectivity index (χ0v) is 17.2. The van der Waals surface area contributed by atoms with Crippen molar-refractivity contribution in [1.82, 2.24) is 15.0 Å². The molecule has 1 atom stereocenters. The van der Waals surface area contributed by atoms with Crippen LogP contribution in [0.5, 0.6) is 0 Å². The highest BCUT2D eigenvalue weighted by Crippen LogP contribution is 2.36. The van der Waals surface area contributed by atoms with Crippen molar-refractivity contribution in [3.05, 3.63) is 88.8 Å². The molecule has 3 aromatic rings. The molecule has 4 rings (SSSR count). The maximum Gasteiger partial charge on any atom is 0.239 e. The van der Waals surface area contributed by atoms with Crippen molar-refractivity contribution in [2.45, 2.75) is 31.8 Å². The van der Waals surface area contributed by atoms with Crippen LogP contribution in [0.4, 0.5) is 0 Å². The zero-order valence-electron chi connectivity index (χ0n) is 17.2. The van der Waals surface area contributed by atoms with Gasteiger partial charge in [0.15, 0.2) is 0 Å². The Kier molecular flexibility index (Phi) is 5.49. The van der Waals surface area contributed by atoms with E-state index in [0.717, 1.165) is 30.0 Å². The predicted molar refractivity (Wildman–Crippen MR) is 113 cm³/mol. The summed E-state index contributed by atoms with van der Waals surface area (Å²) in [4.78, 5) is 16.4. The molecule has 0 saturated carbocycles. The van der Waals surface area contributed by atoms with Crippen LogP contribution >= 0.6 is 0 Å². The van der Waals surface area contributed by atoms with Crippen molar-refractivity contribution < 1.29 is 9.32 Å². The molecule has 0 saturated heterocycles. The Balaban J connectivity index is 1.72. The lowest BCUT2D eigenvalue weighted by molar-refractivity contribution is -0.134. The van der Waals surface area contributed by atoms with Crippen LogP contribution in [0.25, 0.3) is 0 Å². The molecule has 0 radical (unpaired) electrons. The van der Waals surface area contributed by atoms with Crippen molar-refractivity contribution in [2.24, 2.45) is 0 Å². The molecular formula is C24H27N3O2. The van der Waals surface area contributed by atoms with E-state index in [9.17, 15) is 4.79 Å². The minimum atomic E-state index is -0.173. The van der Waals surface area contributed by atoms with Crippen LogP contribution in [0.3, 0.4) is 0 Å². The van der Waals surface area contributed by atoms with E-state index >= 15 is 0 Å². The first kappa shape index (κ1) is 19.4. The van der Waals surface area contributed by atoms with Crippen LogP contribution in [-0.4, -0.2) is 47.5 Å². The van der Waals surface area contributed by atoms with E-state index < -0.39 is 0 Å². The Hall–Kier alpha value is -2.92. The molecule has 0 N–H and O–H groups in total. The molecular weight excluding hydrogens is 362 g/mol. The normalized spacial score (nSPS) is 15.2. The van der Waals surface area contributed by atoms with Gasteiger partial charge in [0.25, 0.3) is 0 Å². The second-order valence-electron chi connectivity index (χ2n) is 7.85. The molecule has 1 amide bonds. The van der Waals surface area contributed by atoms with Gasteiger partial charge in [-0.3, -0.25) is 9.69 Å². The maximum atomic E-state index is 12.5. The third-order valence-electron chi connectivity index (χ3n) is 5.77. The highest BCUT2D eigenvalue weighted by atomic mass is 16.5. The minimum absolute atomic E-state index is 0.00436. The summed E-state index contributed by atoms with van der Waals surface area (Å²) >= 11 is 0. The molecule has 0 spiro atoms. The van der Waals surface area contributed by atoms with E-state index in [1.54, 1.807) is 19.0 Å². The Morgan fingerprint density at radius 3 is 2.17 bits per heavy atom. The first-order chi connectivity index (χ1) is 14.1. The molecule has 0 aliphatic carbocycles. The number of benzene rings is 2. The van der Waals surface area contributed by atoms with Gasteiger partial charge >= 0.3 is 0 Å². The number of carbonyl (C=O) groups is 1. The van der Waals surface area contributed by atoms with Gasteiger partial charge in [-0.2, -0.15) is 0 Å². The number of aromatic nitrogens is 1. The first-order valence-corrected chi connectivity index (χ1v) is 10.1. The van der Waals surface area contributed by atoms with Gasteiger partial charge in [-0.15, -0.1) is 0 Å². The molecule has 1 aliphatic heterocycles. The summed E-state index contributed by atoms with van der Waals surface area (Å²) in [5.74, 6) is 1.07. The fourth-order valence-corrected chi connectivity index (χ4v) is 4.14. The van der Waals surface area contributed by atoms with Gasteiger partial charge in [0.1, 0.15) is 11.5 Å². The smallest absolute Gasteiger partial charge is 0.239 e. The lowest BCUT2D eigenvalue weighted by Crippen LogP contribution is -2.46. The fraction of sp³-hybridized carbons (Fsp3) is 0.333. The third kappa shape index (κ3) is 3.83. The second-order valence-corrected chi connectivity index (χ2v) is 7.85. The topological polar surface area (TPSA) is 49.6 Å². The zero-order chi connectivity index (χ0) is 20.4. The van der Waals surface area contributed by atoms with E-state index in [-0.39, 0.29) is 17.9 Å². The molecule has 29 heavy (non-hydrogen) atoms. The van der Waals surface area contributed by atoms with Crippen LogP contribution in [0.1, 0.15) is 41.0 Å². The van der Waals surface area contributed by atoms with Crippen LogP contribution < -0.4 is 0 Å². The molecule has 0 bridgehead atoms. The number of nitrogens with zero attached hydrogens (tertiary/aromatic N) is 3. The largest absolute Gasteiger partial charge is 0.361 e. The average Bonchev–Trinajstić information content (AvgIpc) is 3.17. The van der Waals surface area contributed by atoms with Crippen LogP contribution in [0.15, 0.2) is 65.2 Å². The van der Waals surface area contributed by atoms with E-state index in [1.165, 1.54) is 11.1 Å². The molecule has 1 unspecified atom stereocenters. The Morgan fingerprint density at radius 2 is 1.62 bits per heavy atom. The molecule has 1 aromatic heterocycles. The van der Waals surface area contributed by atoms with Crippen molar-refractivity contribution >= 4 is 5.91 Å². The van der Waals surface area contributed by atoms with Gasteiger partial charge in [-0.05, 0) is 18.1 Å². The third-order valence-corrected chi connectivity index (χ3v) is 5.77. The lowest BCUT2D eigenvalue weighted by atomic mass is 9.85. The van der Waals surface area contributed by atoms with Crippen molar-refractivity contribution in [1.29, 1.82) is 0 Å². The number of fused-ring (bicyclic) bond motifs is 1. The maximum absolute atomic E-state index is 12.5. The standard InChI is InChI=1S/C24H27N3O2/c1-17(24(28)26(2)3)27-15-14-21-20(16-27)23(25-29-21)22(18-10-6-4-7-11-18)19-12-8-5-9-13-19/h4-13,17,22H,14-16H2,1-3H3. The van der Waals surface area contributed by atoms with E-state index in [0.29, 0.717) is 6.54 Å². The number of rotatable bonds is 5. The summed E-state index contributed by atoms with van der Waals surface area (Å²) < 4.78 is 5.78. The Labute approximate surface area is 171 Å². The summed E-state index contributed by atoms with van der Waals surface area (Å²) in [6.45, 7) is 3.45. The highest BCUT2D eigenvalue weighted by Gasteiger charge is 2.33. The van der Waals surface area contributed by atoms with Crippen molar-refractivity contribution in [3.63, 3.8) is 0 Å². The molecule has 2 heterocycles. The molecule has 2 aromatic carbocycles. The number of carbonyl (C=O) groups excluding carboxylic acids is 1. The molecule has 5 nitrogen and oxygen atoms in total. The summed E-state index contributed by atoms with van der Waals surface area (Å²) in [6, 6.07) is 20.7. The van der Waals surface area contributed by atoms with Gasteiger partial charge in [0.05, 0.1) is 12.0 Å². The quantitative estimate of drug-likeness (QED) is 0.668. The number of hydrogen-bond acceptors (Lipinski definition) is 4. The SMILES string of the molecule is CC(C(=O)N(C)C)N1CCc2onc(C(c3ccccc3)c3ccccc3)c2C1. The number of amides is 1. The average molecular weight is 389 g/mol. The van der Waals surface area contributed by atoms with Gasteiger partial charge in [0.2, 0.25) is 5.91 Å². The second kappa shape index (κ2) is 8.21. The Morgan fingerprint density at radius 1 is 1.03 bits per heavy atom. The monoisotopic (exact) mass is 389 g/mol.